The second-order valence-electron chi connectivity index (χ2n) is 6.37. The van der Waals surface area contributed by atoms with Crippen LogP contribution in [0.3, 0.4) is 0 Å². The Labute approximate surface area is 158 Å². The average Bonchev–Trinajstić information content (AvgIpc) is 3.04. The van der Waals surface area contributed by atoms with Gasteiger partial charge in [0.25, 0.3) is 0 Å². The molecule has 2 aromatic carbocycles. The first-order valence-corrected chi connectivity index (χ1v) is 9.49. The highest BCUT2D eigenvalue weighted by Gasteiger charge is 2.40. The van der Waals surface area contributed by atoms with Crippen LogP contribution in [-0.4, -0.2) is 32.4 Å². The molecule has 3 rings (SSSR count). The molecule has 0 radical (unpaired) electrons. The number of hydrogen-bond donors (Lipinski definition) is 1. The Morgan fingerprint density at radius 3 is 2.38 bits per heavy atom. The molecule has 0 unspecified atom stereocenters. The van der Waals surface area contributed by atoms with Crippen molar-refractivity contribution in [1.82, 2.24) is 4.31 Å². The minimum atomic E-state index is -4.06. The van der Waals surface area contributed by atoms with Crippen LogP contribution in [0.1, 0.15) is 17.0 Å². The Morgan fingerprint density at radius 1 is 1.12 bits per heavy atom. The standard InChI is InChI=1S/C18H20F2N2O2S.ClH/c1-12-7-18(17(20)8-16(12)19)25(23,24)22-10-14(9-21)15(11-22)13-5-3-2-4-6-13;/h2-8,14-15H,9-11,21H2,1H3;1H/t14-,15+;/m1./s1. The number of benzene rings is 2. The van der Waals surface area contributed by atoms with Gasteiger partial charge in [-0.1, -0.05) is 30.3 Å². The van der Waals surface area contributed by atoms with E-state index in [4.69, 9.17) is 5.73 Å². The van der Waals surface area contributed by atoms with Gasteiger partial charge >= 0.3 is 0 Å². The summed E-state index contributed by atoms with van der Waals surface area (Å²) in [4.78, 5) is -0.490. The summed E-state index contributed by atoms with van der Waals surface area (Å²) in [6.07, 6.45) is 0. The molecule has 0 saturated carbocycles. The van der Waals surface area contributed by atoms with Crippen molar-refractivity contribution >= 4 is 22.4 Å². The summed E-state index contributed by atoms with van der Waals surface area (Å²) in [5, 5.41) is 0. The molecule has 0 spiro atoms. The summed E-state index contributed by atoms with van der Waals surface area (Å²) < 4.78 is 54.6. The van der Waals surface area contributed by atoms with Crippen molar-refractivity contribution in [2.45, 2.75) is 17.7 Å². The van der Waals surface area contributed by atoms with Gasteiger partial charge in [-0.2, -0.15) is 4.31 Å². The highest BCUT2D eigenvalue weighted by molar-refractivity contribution is 7.89. The van der Waals surface area contributed by atoms with Gasteiger partial charge in [0.2, 0.25) is 10.0 Å². The first-order valence-electron chi connectivity index (χ1n) is 8.05. The lowest BCUT2D eigenvalue weighted by atomic mass is 9.89. The smallest absolute Gasteiger partial charge is 0.246 e. The molecule has 1 saturated heterocycles. The Balaban J connectivity index is 0.00000243. The molecule has 0 aliphatic carbocycles. The fraction of sp³-hybridized carbons (Fsp3) is 0.333. The topological polar surface area (TPSA) is 63.4 Å². The van der Waals surface area contributed by atoms with Crippen molar-refractivity contribution in [3.8, 4) is 0 Å². The Bertz CT molecular complexity index is 878. The maximum absolute atomic E-state index is 14.1. The molecular weight excluding hydrogens is 382 g/mol. The van der Waals surface area contributed by atoms with E-state index in [1.165, 1.54) is 11.2 Å². The lowest BCUT2D eigenvalue weighted by molar-refractivity contribution is 0.452. The number of halogens is 3. The van der Waals surface area contributed by atoms with Crippen molar-refractivity contribution in [2.75, 3.05) is 19.6 Å². The summed E-state index contributed by atoms with van der Waals surface area (Å²) in [5.74, 6) is -1.94. The molecule has 8 heteroatoms. The molecule has 26 heavy (non-hydrogen) atoms. The zero-order valence-electron chi connectivity index (χ0n) is 14.2. The SMILES string of the molecule is Cc1cc(S(=O)(=O)N2C[C@@H](CN)[C@H](c3ccccc3)C2)c(F)cc1F.Cl. The minimum Gasteiger partial charge on any atom is -0.330 e. The summed E-state index contributed by atoms with van der Waals surface area (Å²) in [5.41, 5.74) is 6.93. The zero-order chi connectivity index (χ0) is 18.2. The van der Waals surface area contributed by atoms with Crippen LogP contribution >= 0.6 is 12.4 Å². The van der Waals surface area contributed by atoms with E-state index < -0.39 is 26.6 Å². The van der Waals surface area contributed by atoms with Crippen LogP contribution in [-0.2, 0) is 10.0 Å². The van der Waals surface area contributed by atoms with Gasteiger partial charge in [-0.05, 0) is 36.6 Å². The van der Waals surface area contributed by atoms with E-state index in [0.29, 0.717) is 12.6 Å². The van der Waals surface area contributed by atoms with E-state index >= 15 is 0 Å². The average molecular weight is 403 g/mol. The van der Waals surface area contributed by atoms with Crippen molar-refractivity contribution in [1.29, 1.82) is 0 Å². The summed E-state index contributed by atoms with van der Waals surface area (Å²) in [7, 11) is -4.06. The molecule has 0 bridgehead atoms. The normalized spacial score (nSPS) is 20.8. The molecule has 0 amide bonds. The maximum atomic E-state index is 14.1. The van der Waals surface area contributed by atoms with Crippen molar-refractivity contribution < 1.29 is 17.2 Å². The quantitative estimate of drug-likeness (QED) is 0.854. The highest BCUT2D eigenvalue weighted by atomic mass is 35.5. The van der Waals surface area contributed by atoms with Gasteiger partial charge in [-0.25, -0.2) is 17.2 Å². The third-order valence-electron chi connectivity index (χ3n) is 4.77. The predicted octanol–water partition coefficient (Wildman–Crippen LogP) is 3.06. The molecule has 4 nitrogen and oxygen atoms in total. The molecule has 2 aromatic rings. The van der Waals surface area contributed by atoms with Crippen LogP contribution in [0.25, 0.3) is 0 Å². The molecule has 0 aromatic heterocycles. The largest absolute Gasteiger partial charge is 0.330 e. The van der Waals surface area contributed by atoms with Crippen molar-refractivity contribution in [2.24, 2.45) is 11.7 Å². The molecule has 1 fully saturated rings. The predicted molar refractivity (Wildman–Crippen MR) is 98.8 cm³/mol. The zero-order valence-corrected chi connectivity index (χ0v) is 15.9. The van der Waals surface area contributed by atoms with E-state index in [0.717, 1.165) is 11.6 Å². The molecule has 1 aliphatic heterocycles. The third-order valence-corrected chi connectivity index (χ3v) is 6.62. The first-order chi connectivity index (χ1) is 11.8. The van der Waals surface area contributed by atoms with E-state index in [2.05, 4.69) is 0 Å². The number of nitrogens with zero attached hydrogens (tertiary/aromatic N) is 1. The van der Waals surface area contributed by atoms with Gasteiger partial charge in [0.15, 0.2) is 0 Å². The van der Waals surface area contributed by atoms with Crippen molar-refractivity contribution in [3.63, 3.8) is 0 Å². The molecule has 2 atom stereocenters. The number of aryl methyl sites for hydroxylation is 1. The fourth-order valence-electron chi connectivity index (χ4n) is 3.31. The summed E-state index contributed by atoms with van der Waals surface area (Å²) in [6, 6.07) is 11.2. The lowest BCUT2D eigenvalue weighted by Crippen LogP contribution is -2.30. The molecule has 1 aliphatic rings. The number of rotatable bonds is 4. The molecule has 142 valence electrons. The van der Waals surface area contributed by atoms with Gasteiger partial charge < -0.3 is 5.73 Å². The monoisotopic (exact) mass is 402 g/mol. The van der Waals surface area contributed by atoms with E-state index in [-0.39, 0.29) is 42.9 Å². The van der Waals surface area contributed by atoms with Gasteiger partial charge in [0.1, 0.15) is 16.5 Å². The fourth-order valence-corrected chi connectivity index (χ4v) is 4.97. The molecule has 1 heterocycles. The summed E-state index contributed by atoms with van der Waals surface area (Å²) in [6.45, 7) is 2.18. The van der Waals surface area contributed by atoms with Crippen LogP contribution < -0.4 is 5.73 Å². The number of nitrogens with two attached hydrogens (primary N) is 1. The van der Waals surface area contributed by atoms with Crippen LogP contribution in [0.4, 0.5) is 8.78 Å². The second-order valence-corrected chi connectivity index (χ2v) is 8.27. The van der Waals surface area contributed by atoms with Crippen LogP contribution in [0, 0.1) is 24.5 Å². The highest BCUT2D eigenvalue weighted by Crippen LogP contribution is 2.35. The maximum Gasteiger partial charge on any atom is 0.246 e. The van der Waals surface area contributed by atoms with Gasteiger partial charge in [-0.15, -0.1) is 12.4 Å². The first kappa shape index (κ1) is 20.8. The van der Waals surface area contributed by atoms with Crippen LogP contribution in [0.5, 0.6) is 0 Å². The van der Waals surface area contributed by atoms with E-state index in [9.17, 15) is 17.2 Å². The van der Waals surface area contributed by atoms with Gasteiger partial charge in [0.05, 0.1) is 0 Å². The lowest BCUT2D eigenvalue weighted by Gasteiger charge is -2.17. The minimum absolute atomic E-state index is 0. The van der Waals surface area contributed by atoms with Crippen LogP contribution in [0.2, 0.25) is 0 Å². The number of hydrogen-bond acceptors (Lipinski definition) is 3. The summed E-state index contributed by atoms with van der Waals surface area (Å²) >= 11 is 0. The number of sulfonamides is 1. The second kappa shape index (κ2) is 8.00. The van der Waals surface area contributed by atoms with E-state index in [1.807, 2.05) is 30.3 Å². The van der Waals surface area contributed by atoms with Gasteiger partial charge in [-0.3, -0.25) is 0 Å². The molecule has 2 N–H and O–H groups in total. The Morgan fingerprint density at radius 2 is 1.77 bits per heavy atom. The Hall–Kier alpha value is -1.54. The third kappa shape index (κ3) is 3.76. The Kier molecular flexibility index (Phi) is 6.39. The molecular formula is C18H21ClF2N2O2S. The van der Waals surface area contributed by atoms with Gasteiger partial charge in [0, 0.05) is 25.1 Å². The van der Waals surface area contributed by atoms with Crippen LogP contribution in [0.15, 0.2) is 47.4 Å². The van der Waals surface area contributed by atoms with Crippen molar-refractivity contribution in [3.05, 3.63) is 65.2 Å². The van der Waals surface area contributed by atoms with E-state index in [1.54, 1.807) is 0 Å².